The van der Waals surface area contributed by atoms with E-state index in [9.17, 15) is 0 Å². The molecule has 1 heterocycles. The van der Waals surface area contributed by atoms with E-state index in [2.05, 4.69) is 50.4 Å². The van der Waals surface area contributed by atoms with Crippen molar-refractivity contribution in [3.05, 3.63) is 35.4 Å². The molecule has 0 spiro atoms. The van der Waals surface area contributed by atoms with Gasteiger partial charge in [-0.3, -0.25) is 0 Å². The van der Waals surface area contributed by atoms with Crippen LogP contribution in [0.1, 0.15) is 37.8 Å². The van der Waals surface area contributed by atoms with Crippen LogP contribution in [0.5, 0.6) is 0 Å². The molecule has 2 rings (SSSR count). The maximum Gasteiger partial charge on any atom is 0.0757 e. The zero-order valence-corrected chi connectivity index (χ0v) is 12.5. The van der Waals surface area contributed by atoms with E-state index in [0.29, 0.717) is 18.1 Å². The predicted molar refractivity (Wildman–Crippen MR) is 80.5 cm³/mol. The molecule has 0 radical (unpaired) electrons. The Morgan fingerprint density at radius 3 is 2.63 bits per heavy atom. The third-order valence-corrected chi connectivity index (χ3v) is 4.07. The molecule has 19 heavy (non-hydrogen) atoms. The summed E-state index contributed by atoms with van der Waals surface area (Å²) in [6, 6.07) is 9.33. The second-order valence-electron chi connectivity index (χ2n) is 5.85. The zero-order chi connectivity index (χ0) is 13.7. The van der Waals surface area contributed by atoms with Crippen LogP contribution in [0.4, 0.5) is 0 Å². The molecule has 2 heteroatoms. The Kier molecular flexibility index (Phi) is 5.41. The molecule has 1 aromatic carbocycles. The van der Waals surface area contributed by atoms with Crippen molar-refractivity contribution in [1.29, 1.82) is 0 Å². The lowest BCUT2D eigenvalue weighted by molar-refractivity contribution is 0.0610. The van der Waals surface area contributed by atoms with Crippen LogP contribution in [-0.2, 0) is 11.2 Å². The van der Waals surface area contributed by atoms with Gasteiger partial charge in [0, 0.05) is 12.6 Å². The molecule has 1 fully saturated rings. The van der Waals surface area contributed by atoms with Gasteiger partial charge in [-0.25, -0.2) is 0 Å². The van der Waals surface area contributed by atoms with Crippen molar-refractivity contribution in [2.75, 3.05) is 13.2 Å². The van der Waals surface area contributed by atoms with Gasteiger partial charge in [0.05, 0.1) is 6.10 Å². The molecule has 3 atom stereocenters. The molecule has 2 nitrogen and oxygen atoms in total. The molecule has 0 amide bonds. The van der Waals surface area contributed by atoms with Gasteiger partial charge in [0.25, 0.3) is 0 Å². The lowest BCUT2D eigenvalue weighted by atomic mass is 9.92. The lowest BCUT2D eigenvalue weighted by Gasteiger charge is -2.27. The SMILES string of the molecule is CCCNC(Cc1ccc(C)cc1)C1OCCC1C. The van der Waals surface area contributed by atoms with Crippen molar-refractivity contribution < 1.29 is 4.74 Å². The monoisotopic (exact) mass is 261 g/mol. The van der Waals surface area contributed by atoms with Crippen LogP contribution in [0.15, 0.2) is 24.3 Å². The molecule has 1 saturated heterocycles. The van der Waals surface area contributed by atoms with Crippen LogP contribution in [-0.4, -0.2) is 25.3 Å². The quantitative estimate of drug-likeness (QED) is 0.848. The minimum Gasteiger partial charge on any atom is -0.376 e. The van der Waals surface area contributed by atoms with Gasteiger partial charge in [-0.05, 0) is 44.2 Å². The van der Waals surface area contributed by atoms with Crippen LogP contribution >= 0.6 is 0 Å². The fourth-order valence-electron chi connectivity index (χ4n) is 2.84. The second kappa shape index (κ2) is 7.06. The predicted octanol–water partition coefficient (Wildman–Crippen LogP) is 3.33. The lowest BCUT2D eigenvalue weighted by Crippen LogP contribution is -2.44. The van der Waals surface area contributed by atoms with Crippen molar-refractivity contribution >= 4 is 0 Å². The van der Waals surface area contributed by atoms with Crippen LogP contribution < -0.4 is 5.32 Å². The van der Waals surface area contributed by atoms with E-state index in [4.69, 9.17) is 4.74 Å². The molecule has 0 saturated carbocycles. The van der Waals surface area contributed by atoms with Gasteiger partial charge in [-0.2, -0.15) is 0 Å². The van der Waals surface area contributed by atoms with E-state index in [-0.39, 0.29) is 0 Å². The van der Waals surface area contributed by atoms with Gasteiger partial charge in [-0.1, -0.05) is 43.7 Å². The summed E-state index contributed by atoms with van der Waals surface area (Å²) in [5, 5.41) is 3.68. The van der Waals surface area contributed by atoms with E-state index < -0.39 is 0 Å². The number of nitrogens with one attached hydrogen (secondary N) is 1. The number of rotatable bonds is 6. The first kappa shape index (κ1) is 14.5. The third-order valence-electron chi connectivity index (χ3n) is 4.07. The molecule has 1 aliphatic heterocycles. The zero-order valence-electron chi connectivity index (χ0n) is 12.5. The number of ether oxygens (including phenoxy) is 1. The summed E-state index contributed by atoms with van der Waals surface area (Å²) in [6.07, 6.45) is 3.80. The minimum absolute atomic E-state index is 0.368. The fourth-order valence-corrected chi connectivity index (χ4v) is 2.84. The largest absolute Gasteiger partial charge is 0.376 e. The highest BCUT2D eigenvalue weighted by molar-refractivity contribution is 5.22. The number of hydrogen-bond acceptors (Lipinski definition) is 2. The van der Waals surface area contributed by atoms with Gasteiger partial charge >= 0.3 is 0 Å². The molecule has 3 unspecified atom stereocenters. The summed E-state index contributed by atoms with van der Waals surface area (Å²) in [5.74, 6) is 0.666. The molecule has 1 aromatic rings. The molecule has 0 aromatic heterocycles. The molecule has 106 valence electrons. The van der Waals surface area contributed by atoms with Gasteiger partial charge in [0.1, 0.15) is 0 Å². The molecular formula is C17H27NO. The Hall–Kier alpha value is -0.860. The van der Waals surface area contributed by atoms with E-state index in [1.165, 1.54) is 24.0 Å². The number of hydrogen-bond donors (Lipinski definition) is 1. The maximum absolute atomic E-state index is 5.96. The van der Waals surface area contributed by atoms with Gasteiger partial charge in [0.15, 0.2) is 0 Å². The molecular weight excluding hydrogens is 234 g/mol. The highest BCUT2D eigenvalue weighted by Crippen LogP contribution is 2.24. The van der Waals surface area contributed by atoms with Crippen molar-refractivity contribution in [1.82, 2.24) is 5.32 Å². The summed E-state index contributed by atoms with van der Waals surface area (Å²) < 4.78 is 5.96. The Labute approximate surface area is 117 Å². The summed E-state index contributed by atoms with van der Waals surface area (Å²) in [6.45, 7) is 8.66. The Balaban J connectivity index is 2.02. The summed E-state index contributed by atoms with van der Waals surface area (Å²) in [7, 11) is 0. The van der Waals surface area contributed by atoms with E-state index in [1.807, 2.05) is 0 Å². The van der Waals surface area contributed by atoms with Gasteiger partial charge in [0.2, 0.25) is 0 Å². The average Bonchev–Trinajstić information content (AvgIpc) is 2.83. The summed E-state index contributed by atoms with van der Waals surface area (Å²) in [5.41, 5.74) is 2.73. The minimum atomic E-state index is 0.368. The van der Waals surface area contributed by atoms with Crippen LogP contribution in [0, 0.1) is 12.8 Å². The van der Waals surface area contributed by atoms with Crippen molar-refractivity contribution in [3.63, 3.8) is 0 Å². The van der Waals surface area contributed by atoms with Crippen LogP contribution in [0.25, 0.3) is 0 Å². The fraction of sp³-hybridized carbons (Fsp3) is 0.647. The normalized spacial score (nSPS) is 24.6. The van der Waals surface area contributed by atoms with Crippen molar-refractivity contribution in [2.45, 2.75) is 52.2 Å². The number of benzene rings is 1. The van der Waals surface area contributed by atoms with E-state index >= 15 is 0 Å². The highest BCUT2D eigenvalue weighted by atomic mass is 16.5. The van der Waals surface area contributed by atoms with E-state index in [0.717, 1.165) is 19.6 Å². The maximum atomic E-state index is 5.96. The smallest absolute Gasteiger partial charge is 0.0757 e. The Morgan fingerprint density at radius 2 is 2.05 bits per heavy atom. The van der Waals surface area contributed by atoms with Crippen LogP contribution in [0.2, 0.25) is 0 Å². The Morgan fingerprint density at radius 1 is 1.32 bits per heavy atom. The van der Waals surface area contributed by atoms with Crippen molar-refractivity contribution in [2.24, 2.45) is 5.92 Å². The first-order valence-corrected chi connectivity index (χ1v) is 7.61. The van der Waals surface area contributed by atoms with Crippen LogP contribution in [0.3, 0.4) is 0 Å². The van der Waals surface area contributed by atoms with E-state index in [1.54, 1.807) is 0 Å². The molecule has 1 aliphatic rings. The Bertz CT molecular complexity index is 373. The van der Waals surface area contributed by atoms with Gasteiger partial charge < -0.3 is 10.1 Å². The van der Waals surface area contributed by atoms with Gasteiger partial charge in [-0.15, -0.1) is 0 Å². The topological polar surface area (TPSA) is 21.3 Å². The highest BCUT2D eigenvalue weighted by Gasteiger charge is 2.31. The molecule has 0 bridgehead atoms. The standard InChI is InChI=1S/C17H27NO/c1-4-10-18-16(17-14(3)9-11-19-17)12-15-7-5-13(2)6-8-15/h5-8,14,16-18H,4,9-12H2,1-3H3. The summed E-state index contributed by atoms with van der Waals surface area (Å²) >= 11 is 0. The molecule has 1 N–H and O–H groups in total. The molecule has 0 aliphatic carbocycles. The first-order chi connectivity index (χ1) is 9.20. The third kappa shape index (κ3) is 4.05. The number of aryl methyl sites for hydroxylation is 1. The van der Waals surface area contributed by atoms with Crippen molar-refractivity contribution in [3.8, 4) is 0 Å². The average molecular weight is 261 g/mol. The second-order valence-corrected chi connectivity index (χ2v) is 5.85. The first-order valence-electron chi connectivity index (χ1n) is 7.61. The summed E-state index contributed by atoms with van der Waals surface area (Å²) in [4.78, 5) is 0.